The predicted molar refractivity (Wildman–Crippen MR) is 92.6 cm³/mol. The highest BCUT2D eigenvalue weighted by Gasteiger charge is 2.05. The van der Waals surface area contributed by atoms with Crippen molar-refractivity contribution >= 4 is 11.5 Å². The van der Waals surface area contributed by atoms with E-state index in [0.29, 0.717) is 24.2 Å². The number of aromatic amines is 1. The third-order valence-electron chi connectivity index (χ3n) is 3.31. The van der Waals surface area contributed by atoms with E-state index in [9.17, 15) is 4.39 Å². The van der Waals surface area contributed by atoms with Gasteiger partial charge in [-0.1, -0.05) is 18.2 Å². The smallest absolute Gasteiger partial charge is 0.152 e. The number of nitrogens with one attached hydrogen (secondary N) is 2. The van der Waals surface area contributed by atoms with E-state index >= 15 is 0 Å². The minimum absolute atomic E-state index is 0.169. The average molecular weight is 328 g/mol. The molecule has 0 fully saturated rings. The van der Waals surface area contributed by atoms with Crippen LogP contribution in [0.3, 0.4) is 0 Å². The number of aryl methyl sites for hydroxylation is 3. The Hall–Kier alpha value is -2.80. The summed E-state index contributed by atoms with van der Waals surface area (Å²) in [5.41, 5.74) is 6.93. The Morgan fingerprint density at radius 2 is 1.83 bits per heavy atom. The quantitative estimate of drug-likeness (QED) is 0.670. The fourth-order valence-corrected chi connectivity index (χ4v) is 2.13. The molecule has 24 heavy (non-hydrogen) atoms. The van der Waals surface area contributed by atoms with Crippen molar-refractivity contribution in [2.75, 3.05) is 12.4 Å². The van der Waals surface area contributed by atoms with Crippen LogP contribution in [0.1, 0.15) is 17.1 Å². The monoisotopic (exact) mass is 328 g/mol. The number of rotatable bonds is 5. The van der Waals surface area contributed by atoms with Gasteiger partial charge in [0.2, 0.25) is 0 Å². The molecule has 0 spiro atoms. The molecule has 0 aliphatic rings. The molecule has 0 radical (unpaired) electrons. The highest BCUT2D eigenvalue weighted by molar-refractivity contribution is 5.53. The molecule has 0 saturated carbocycles. The number of nitrogens with two attached hydrogens (primary N) is 1. The van der Waals surface area contributed by atoms with Gasteiger partial charge in [-0.25, -0.2) is 14.4 Å². The van der Waals surface area contributed by atoms with Crippen molar-refractivity contribution in [2.24, 2.45) is 5.73 Å². The second-order valence-corrected chi connectivity index (χ2v) is 5.01. The number of hydrogen-bond acceptors (Lipinski definition) is 5. The zero-order valence-electron chi connectivity index (χ0n) is 13.8. The molecule has 4 N–H and O–H groups in total. The number of hydrogen-bond donors (Lipinski definition) is 3. The second-order valence-electron chi connectivity index (χ2n) is 5.01. The number of anilines is 2. The van der Waals surface area contributed by atoms with Crippen LogP contribution in [0.2, 0.25) is 0 Å². The molecule has 0 aliphatic heterocycles. The van der Waals surface area contributed by atoms with Crippen LogP contribution in [0.15, 0.2) is 42.7 Å². The highest BCUT2D eigenvalue weighted by Crippen LogP contribution is 2.15. The molecule has 0 atom stereocenters. The van der Waals surface area contributed by atoms with Gasteiger partial charge in [0.05, 0.1) is 18.1 Å². The van der Waals surface area contributed by atoms with Gasteiger partial charge >= 0.3 is 0 Å². The van der Waals surface area contributed by atoms with E-state index in [0.717, 1.165) is 17.2 Å². The van der Waals surface area contributed by atoms with E-state index in [1.165, 1.54) is 13.1 Å². The molecule has 126 valence electrons. The van der Waals surface area contributed by atoms with Crippen LogP contribution >= 0.6 is 0 Å². The lowest BCUT2D eigenvalue weighted by Crippen LogP contribution is -1.94. The number of aromatic nitrogens is 4. The molecule has 2 heterocycles. The molecule has 0 bridgehead atoms. The first-order valence-electron chi connectivity index (χ1n) is 7.62. The van der Waals surface area contributed by atoms with Crippen LogP contribution in [0.4, 0.5) is 15.9 Å². The first-order valence-corrected chi connectivity index (χ1v) is 7.62. The Morgan fingerprint density at radius 3 is 2.54 bits per heavy atom. The van der Waals surface area contributed by atoms with Gasteiger partial charge in [-0.3, -0.25) is 5.10 Å². The summed E-state index contributed by atoms with van der Waals surface area (Å²) < 4.78 is 13.6. The van der Waals surface area contributed by atoms with E-state index in [2.05, 4.69) is 31.2 Å². The lowest BCUT2D eigenvalue weighted by Gasteiger charge is -2.01. The Labute approximate surface area is 140 Å². The third-order valence-corrected chi connectivity index (χ3v) is 3.31. The first-order chi connectivity index (χ1) is 11.7. The summed E-state index contributed by atoms with van der Waals surface area (Å²) in [6.45, 7) is 1.83. The fourth-order valence-electron chi connectivity index (χ4n) is 2.13. The standard InChI is InChI=1S/C16H16FN5.CH5N/c1-11-18-9-14(10-19-11)20-16-8-13(21-22-16)7-6-12-4-2-3-5-15(12)17;1-2/h2-5,8-10H,6-7H2,1H3,(H2,20,21,22);2H2,1H3. The lowest BCUT2D eigenvalue weighted by molar-refractivity contribution is 0.608. The van der Waals surface area contributed by atoms with E-state index in [4.69, 9.17) is 0 Å². The largest absolute Gasteiger partial charge is 0.336 e. The summed E-state index contributed by atoms with van der Waals surface area (Å²) in [6.07, 6.45) is 4.73. The maximum Gasteiger partial charge on any atom is 0.152 e. The molecule has 3 rings (SSSR count). The minimum Gasteiger partial charge on any atom is -0.336 e. The number of halogens is 1. The van der Waals surface area contributed by atoms with Crippen molar-refractivity contribution in [3.8, 4) is 0 Å². The predicted octanol–water partition coefficient (Wildman–Crippen LogP) is 2.75. The van der Waals surface area contributed by atoms with Crippen LogP contribution in [0, 0.1) is 12.7 Å². The highest BCUT2D eigenvalue weighted by atomic mass is 19.1. The van der Waals surface area contributed by atoms with Crippen molar-refractivity contribution in [3.63, 3.8) is 0 Å². The summed E-state index contributed by atoms with van der Waals surface area (Å²) in [7, 11) is 1.50. The van der Waals surface area contributed by atoms with Gasteiger partial charge < -0.3 is 11.1 Å². The summed E-state index contributed by atoms with van der Waals surface area (Å²) in [6, 6.07) is 8.72. The Morgan fingerprint density at radius 1 is 1.12 bits per heavy atom. The zero-order chi connectivity index (χ0) is 17.4. The Kier molecular flexibility index (Phi) is 6.39. The van der Waals surface area contributed by atoms with Crippen molar-refractivity contribution in [2.45, 2.75) is 19.8 Å². The fraction of sp³-hybridized carbons (Fsp3) is 0.235. The van der Waals surface area contributed by atoms with Gasteiger partial charge in [0.1, 0.15) is 11.6 Å². The number of H-pyrrole nitrogens is 1. The van der Waals surface area contributed by atoms with Gasteiger partial charge in [0, 0.05) is 11.8 Å². The van der Waals surface area contributed by atoms with Crippen molar-refractivity contribution in [1.29, 1.82) is 0 Å². The molecule has 3 aromatic rings. The number of nitrogens with zero attached hydrogens (tertiary/aromatic N) is 3. The average Bonchev–Trinajstić information content (AvgIpc) is 3.05. The maximum absolute atomic E-state index is 13.6. The van der Waals surface area contributed by atoms with Crippen molar-refractivity contribution < 1.29 is 4.39 Å². The minimum atomic E-state index is -0.169. The van der Waals surface area contributed by atoms with Crippen LogP contribution < -0.4 is 11.1 Å². The van der Waals surface area contributed by atoms with Gasteiger partial charge in [0.15, 0.2) is 5.82 Å². The summed E-state index contributed by atoms with van der Waals surface area (Å²) in [4.78, 5) is 8.23. The summed E-state index contributed by atoms with van der Waals surface area (Å²) in [5.74, 6) is 1.24. The van der Waals surface area contributed by atoms with E-state index in [1.54, 1.807) is 24.5 Å². The zero-order valence-corrected chi connectivity index (χ0v) is 13.8. The van der Waals surface area contributed by atoms with E-state index in [-0.39, 0.29) is 5.82 Å². The van der Waals surface area contributed by atoms with Crippen LogP contribution in [0.5, 0.6) is 0 Å². The molecular formula is C17H21FN6. The molecule has 0 unspecified atom stereocenters. The SMILES string of the molecule is CN.Cc1ncc(Nc2cc(CCc3ccccc3F)[nH]n2)cn1. The molecule has 0 aliphatic carbocycles. The molecule has 0 saturated heterocycles. The summed E-state index contributed by atoms with van der Waals surface area (Å²) in [5, 5.41) is 10.3. The van der Waals surface area contributed by atoms with Crippen molar-refractivity contribution in [1.82, 2.24) is 20.2 Å². The van der Waals surface area contributed by atoms with Crippen LogP contribution in [-0.2, 0) is 12.8 Å². The Bertz CT molecular complexity index is 754. The van der Waals surface area contributed by atoms with Crippen LogP contribution in [0.25, 0.3) is 0 Å². The van der Waals surface area contributed by atoms with Gasteiger partial charge in [-0.2, -0.15) is 5.10 Å². The van der Waals surface area contributed by atoms with Crippen LogP contribution in [-0.4, -0.2) is 27.2 Å². The molecular weight excluding hydrogens is 307 g/mol. The molecule has 0 amide bonds. The third kappa shape index (κ3) is 4.85. The van der Waals surface area contributed by atoms with E-state index < -0.39 is 0 Å². The van der Waals surface area contributed by atoms with Gasteiger partial charge in [0.25, 0.3) is 0 Å². The molecule has 2 aromatic heterocycles. The second kappa shape index (κ2) is 8.73. The molecule has 6 nitrogen and oxygen atoms in total. The number of benzene rings is 1. The van der Waals surface area contributed by atoms with E-state index in [1.807, 2.05) is 19.1 Å². The molecule has 7 heteroatoms. The maximum atomic E-state index is 13.6. The lowest BCUT2D eigenvalue weighted by atomic mass is 10.1. The Balaban J connectivity index is 0.00000100. The summed E-state index contributed by atoms with van der Waals surface area (Å²) >= 11 is 0. The van der Waals surface area contributed by atoms with Gasteiger partial charge in [-0.15, -0.1) is 0 Å². The first kappa shape index (κ1) is 17.6. The normalized spacial score (nSPS) is 10.0. The van der Waals surface area contributed by atoms with Crippen molar-refractivity contribution in [3.05, 3.63) is 65.6 Å². The molecule has 1 aromatic carbocycles. The topological polar surface area (TPSA) is 92.5 Å². The van der Waals surface area contributed by atoms with Gasteiger partial charge in [-0.05, 0) is 38.4 Å².